The second kappa shape index (κ2) is 5.41. The van der Waals surface area contributed by atoms with Crippen molar-refractivity contribution in [3.63, 3.8) is 0 Å². The summed E-state index contributed by atoms with van der Waals surface area (Å²) in [7, 11) is 0. The molecule has 0 saturated carbocycles. The Labute approximate surface area is 65.4 Å². The van der Waals surface area contributed by atoms with Gasteiger partial charge >= 0.3 is 5.97 Å². The molecule has 0 heterocycles. The van der Waals surface area contributed by atoms with Crippen molar-refractivity contribution < 1.29 is 14.3 Å². The van der Waals surface area contributed by atoms with E-state index in [1.54, 1.807) is 0 Å². The molecule has 0 aromatic heterocycles. The van der Waals surface area contributed by atoms with Crippen LogP contribution >= 0.6 is 0 Å². The van der Waals surface area contributed by atoms with Crippen molar-refractivity contribution in [1.82, 2.24) is 0 Å². The first-order chi connectivity index (χ1) is 5.20. The van der Waals surface area contributed by atoms with Crippen molar-refractivity contribution in [2.24, 2.45) is 0 Å². The molecule has 0 fully saturated rings. The lowest BCUT2D eigenvalue weighted by Gasteiger charge is -1.94. The van der Waals surface area contributed by atoms with Crippen LogP contribution in [0.25, 0.3) is 0 Å². The highest BCUT2D eigenvalue weighted by molar-refractivity contribution is 5.89. The number of esters is 1. The maximum absolute atomic E-state index is 10.7. The Morgan fingerprint density at radius 1 is 1.64 bits per heavy atom. The van der Waals surface area contributed by atoms with Crippen LogP contribution in [-0.2, 0) is 14.3 Å². The summed E-state index contributed by atoms with van der Waals surface area (Å²) in [5.41, 5.74) is 0.346. The average Bonchev–Trinajstić information content (AvgIpc) is 2.00. The standard InChI is InChI=1S/C8H10O3/c1-3-4-11-8(10)5-7(2)6-9/h3,5-6H,1,4H2,2H3/b7-5-. The molecule has 0 aromatic rings. The Balaban J connectivity index is 3.85. The third-order valence-corrected chi connectivity index (χ3v) is 0.875. The third-order valence-electron chi connectivity index (χ3n) is 0.875. The quantitative estimate of drug-likeness (QED) is 0.261. The van der Waals surface area contributed by atoms with Gasteiger partial charge in [0.1, 0.15) is 12.9 Å². The molecule has 3 heteroatoms. The van der Waals surface area contributed by atoms with Gasteiger partial charge in [-0.3, -0.25) is 4.79 Å². The van der Waals surface area contributed by atoms with Crippen molar-refractivity contribution in [3.05, 3.63) is 24.3 Å². The zero-order valence-corrected chi connectivity index (χ0v) is 6.37. The van der Waals surface area contributed by atoms with Crippen molar-refractivity contribution in [2.45, 2.75) is 6.92 Å². The third kappa shape index (κ3) is 5.08. The number of carbonyl (C=O) groups excluding carboxylic acids is 2. The van der Waals surface area contributed by atoms with Gasteiger partial charge < -0.3 is 4.74 Å². The van der Waals surface area contributed by atoms with Gasteiger partial charge in [0.15, 0.2) is 0 Å². The van der Waals surface area contributed by atoms with Crippen LogP contribution in [0.3, 0.4) is 0 Å². The summed E-state index contributed by atoms with van der Waals surface area (Å²) < 4.78 is 4.57. The van der Waals surface area contributed by atoms with Gasteiger partial charge in [-0.15, -0.1) is 0 Å². The zero-order chi connectivity index (χ0) is 8.69. The molecule has 0 atom stereocenters. The van der Waals surface area contributed by atoms with E-state index in [2.05, 4.69) is 11.3 Å². The summed E-state index contributed by atoms with van der Waals surface area (Å²) in [6.45, 7) is 5.06. The van der Waals surface area contributed by atoms with E-state index in [1.807, 2.05) is 0 Å². The van der Waals surface area contributed by atoms with Gasteiger partial charge in [0, 0.05) is 6.08 Å². The van der Waals surface area contributed by atoms with Crippen LogP contribution in [0.15, 0.2) is 24.3 Å². The van der Waals surface area contributed by atoms with E-state index in [0.717, 1.165) is 6.08 Å². The molecule has 0 aliphatic rings. The van der Waals surface area contributed by atoms with Gasteiger partial charge in [-0.2, -0.15) is 0 Å². The highest BCUT2D eigenvalue weighted by atomic mass is 16.5. The van der Waals surface area contributed by atoms with Crippen LogP contribution in [0.2, 0.25) is 0 Å². The number of hydrogen-bond donors (Lipinski definition) is 0. The Morgan fingerprint density at radius 3 is 2.73 bits per heavy atom. The summed E-state index contributed by atoms with van der Waals surface area (Å²) in [4.78, 5) is 20.7. The SMILES string of the molecule is C=CCOC(=O)/C=C(/C)C=O. The normalized spacial score (nSPS) is 10.5. The molecule has 0 unspecified atom stereocenters. The topological polar surface area (TPSA) is 43.4 Å². The van der Waals surface area contributed by atoms with E-state index in [-0.39, 0.29) is 6.61 Å². The van der Waals surface area contributed by atoms with Crippen LogP contribution in [-0.4, -0.2) is 18.9 Å². The number of rotatable bonds is 4. The number of hydrogen-bond acceptors (Lipinski definition) is 3. The first kappa shape index (κ1) is 9.62. The lowest BCUT2D eigenvalue weighted by molar-refractivity contribution is -0.136. The first-order valence-corrected chi connectivity index (χ1v) is 3.12. The molecule has 60 valence electrons. The van der Waals surface area contributed by atoms with E-state index in [1.165, 1.54) is 13.0 Å². The molecular weight excluding hydrogens is 144 g/mol. The van der Waals surface area contributed by atoms with E-state index in [9.17, 15) is 9.59 Å². The number of carbonyl (C=O) groups is 2. The minimum Gasteiger partial charge on any atom is -0.458 e. The number of allylic oxidation sites excluding steroid dienone is 1. The van der Waals surface area contributed by atoms with Crippen LogP contribution in [0.5, 0.6) is 0 Å². The molecule has 11 heavy (non-hydrogen) atoms. The highest BCUT2D eigenvalue weighted by Crippen LogP contribution is 1.88. The monoisotopic (exact) mass is 154 g/mol. The molecule has 0 rings (SSSR count). The lowest BCUT2D eigenvalue weighted by Crippen LogP contribution is -2.01. The van der Waals surface area contributed by atoms with E-state index < -0.39 is 5.97 Å². The second-order valence-corrected chi connectivity index (χ2v) is 1.92. The fourth-order valence-electron chi connectivity index (χ4n) is 0.403. The molecule has 0 aliphatic heterocycles. The van der Waals surface area contributed by atoms with Gasteiger partial charge in [0.25, 0.3) is 0 Å². The van der Waals surface area contributed by atoms with Crippen molar-refractivity contribution in [3.8, 4) is 0 Å². The number of aldehydes is 1. The summed E-state index contributed by atoms with van der Waals surface area (Å²) in [5, 5.41) is 0. The molecular formula is C8H10O3. The summed E-state index contributed by atoms with van der Waals surface area (Å²) in [6, 6.07) is 0. The maximum atomic E-state index is 10.7. The van der Waals surface area contributed by atoms with Gasteiger partial charge in [-0.1, -0.05) is 12.7 Å². The fraction of sp³-hybridized carbons (Fsp3) is 0.250. The van der Waals surface area contributed by atoms with Crippen LogP contribution in [0.4, 0.5) is 0 Å². The minimum absolute atomic E-state index is 0.168. The largest absolute Gasteiger partial charge is 0.458 e. The Kier molecular flexibility index (Phi) is 4.73. The van der Waals surface area contributed by atoms with Gasteiger partial charge in [-0.25, -0.2) is 4.79 Å². The second-order valence-electron chi connectivity index (χ2n) is 1.92. The molecule has 0 amide bonds. The Hall–Kier alpha value is -1.38. The molecule has 0 bridgehead atoms. The van der Waals surface area contributed by atoms with E-state index in [4.69, 9.17) is 0 Å². The zero-order valence-electron chi connectivity index (χ0n) is 6.37. The average molecular weight is 154 g/mol. The van der Waals surface area contributed by atoms with Gasteiger partial charge in [0.2, 0.25) is 0 Å². The predicted molar refractivity (Wildman–Crippen MR) is 41.0 cm³/mol. The molecule has 0 radical (unpaired) electrons. The summed E-state index contributed by atoms with van der Waals surface area (Å²) >= 11 is 0. The molecule has 0 spiro atoms. The summed E-state index contributed by atoms with van der Waals surface area (Å²) in [5.74, 6) is -0.519. The van der Waals surface area contributed by atoms with Crippen molar-refractivity contribution in [2.75, 3.05) is 6.61 Å². The van der Waals surface area contributed by atoms with Crippen LogP contribution in [0, 0.1) is 0 Å². The highest BCUT2D eigenvalue weighted by Gasteiger charge is 1.95. The Bertz CT molecular complexity index is 192. The molecule has 0 aliphatic carbocycles. The van der Waals surface area contributed by atoms with E-state index in [0.29, 0.717) is 11.9 Å². The van der Waals surface area contributed by atoms with Crippen molar-refractivity contribution in [1.29, 1.82) is 0 Å². The maximum Gasteiger partial charge on any atom is 0.331 e. The van der Waals surface area contributed by atoms with Gasteiger partial charge in [0.05, 0.1) is 0 Å². The summed E-state index contributed by atoms with van der Waals surface area (Å²) in [6.07, 6.45) is 3.19. The molecule has 0 N–H and O–H groups in total. The fourth-order valence-corrected chi connectivity index (χ4v) is 0.403. The Morgan fingerprint density at radius 2 is 2.27 bits per heavy atom. The lowest BCUT2D eigenvalue weighted by atomic mass is 10.3. The van der Waals surface area contributed by atoms with Crippen LogP contribution < -0.4 is 0 Å². The van der Waals surface area contributed by atoms with Gasteiger partial charge in [-0.05, 0) is 12.5 Å². The minimum atomic E-state index is -0.519. The van der Waals surface area contributed by atoms with Crippen molar-refractivity contribution >= 4 is 12.3 Å². The smallest absolute Gasteiger partial charge is 0.331 e. The predicted octanol–water partition coefficient (Wildman–Crippen LogP) is 0.861. The molecule has 0 aromatic carbocycles. The number of ether oxygens (including phenoxy) is 1. The first-order valence-electron chi connectivity index (χ1n) is 3.12. The van der Waals surface area contributed by atoms with E-state index >= 15 is 0 Å². The van der Waals surface area contributed by atoms with Crippen LogP contribution in [0.1, 0.15) is 6.92 Å². The molecule has 3 nitrogen and oxygen atoms in total. The molecule has 0 saturated heterocycles.